The normalized spacial score (nSPS) is 9.18. The van der Waals surface area contributed by atoms with E-state index in [-0.39, 0.29) is 12.6 Å². The van der Waals surface area contributed by atoms with Crippen LogP contribution >= 0.6 is 34.4 Å². The van der Waals surface area contributed by atoms with Gasteiger partial charge in [-0.05, 0) is 10.2 Å². The lowest BCUT2D eigenvalue weighted by Crippen LogP contribution is -2.03. The predicted octanol–water partition coefficient (Wildman–Crippen LogP) is 1.99. The van der Waals surface area contributed by atoms with Gasteiger partial charge in [0.2, 0.25) is 11.8 Å². The second kappa shape index (κ2) is 7.45. The quantitative estimate of drug-likeness (QED) is 0.451. The van der Waals surface area contributed by atoms with Gasteiger partial charge in [0.25, 0.3) is 0 Å². The highest BCUT2D eigenvalue weighted by atomic mass is 127. The first-order valence-corrected chi connectivity index (χ1v) is 6.82. The molecule has 0 unspecified atom stereocenters. The van der Waals surface area contributed by atoms with E-state index in [1.165, 1.54) is 26.0 Å². The summed E-state index contributed by atoms with van der Waals surface area (Å²) < 4.78 is 18.3. The molecule has 0 saturated carbocycles. The molecule has 0 saturated heterocycles. The van der Waals surface area contributed by atoms with Crippen molar-refractivity contribution in [3.05, 3.63) is 0 Å². The molecule has 0 aliphatic carbocycles. The Balaban J connectivity index is 3.08. The standard InChI is InChI=1S/C10H11IN2O3S/c1-14-8-7(17-3)9(16-6-4-5-11)13-10(12-8)15-2/h6H2,1-3H3. The van der Waals surface area contributed by atoms with Gasteiger partial charge < -0.3 is 14.2 Å². The van der Waals surface area contributed by atoms with E-state index in [0.717, 1.165) is 4.90 Å². The Bertz CT molecular complexity index is 445. The summed E-state index contributed by atoms with van der Waals surface area (Å²) in [6, 6.07) is 0.206. The molecule has 0 N–H and O–H groups in total. The zero-order valence-corrected chi connectivity index (χ0v) is 12.6. The fraction of sp³-hybridized carbons (Fsp3) is 0.400. The van der Waals surface area contributed by atoms with Gasteiger partial charge in [-0.3, -0.25) is 0 Å². The number of thioether (sulfide) groups is 1. The number of hydrogen-bond donors (Lipinski definition) is 0. The lowest BCUT2D eigenvalue weighted by Gasteiger charge is -2.11. The Labute approximate surface area is 118 Å². The second-order valence-corrected chi connectivity index (χ2v) is 3.97. The van der Waals surface area contributed by atoms with Crippen molar-refractivity contribution in [3.8, 4) is 27.6 Å². The van der Waals surface area contributed by atoms with Crippen molar-refractivity contribution in [1.29, 1.82) is 0 Å². The highest BCUT2D eigenvalue weighted by Gasteiger charge is 2.16. The molecule has 17 heavy (non-hydrogen) atoms. The molecule has 5 nitrogen and oxygen atoms in total. The van der Waals surface area contributed by atoms with Gasteiger partial charge in [-0.15, -0.1) is 11.8 Å². The van der Waals surface area contributed by atoms with E-state index in [1.54, 1.807) is 0 Å². The summed E-state index contributed by atoms with van der Waals surface area (Å²) in [5.74, 6) is 3.64. The summed E-state index contributed by atoms with van der Waals surface area (Å²) >= 11 is 3.39. The van der Waals surface area contributed by atoms with E-state index in [2.05, 4.69) is 19.8 Å². The number of halogens is 1. The van der Waals surface area contributed by atoms with Crippen molar-refractivity contribution in [2.45, 2.75) is 4.90 Å². The first kappa shape index (κ1) is 14.2. The van der Waals surface area contributed by atoms with Crippen LogP contribution in [0, 0.1) is 9.85 Å². The highest BCUT2D eigenvalue weighted by Crippen LogP contribution is 2.35. The van der Waals surface area contributed by atoms with Crippen molar-refractivity contribution < 1.29 is 14.2 Å². The Morgan fingerprint density at radius 2 is 1.94 bits per heavy atom. The lowest BCUT2D eigenvalue weighted by molar-refractivity contribution is 0.302. The fourth-order valence-corrected chi connectivity index (χ4v) is 1.76. The van der Waals surface area contributed by atoms with Crippen LogP contribution in [0.5, 0.6) is 17.8 Å². The zero-order chi connectivity index (χ0) is 12.7. The molecule has 1 heterocycles. The third-order valence-electron chi connectivity index (χ3n) is 1.71. The van der Waals surface area contributed by atoms with E-state index in [9.17, 15) is 0 Å². The smallest absolute Gasteiger partial charge is 0.322 e. The summed E-state index contributed by atoms with van der Waals surface area (Å²) in [7, 11) is 3.03. The molecule has 92 valence electrons. The summed E-state index contributed by atoms with van der Waals surface area (Å²) in [6.07, 6.45) is 1.89. The number of methoxy groups -OCH3 is 2. The molecule has 7 heteroatoms. The molecule has 0 aliphatic rings. The third-order valence-corrected chi connectivity index (χ3v) is 2.85. The monoisotopic (exact) mass is 366 g/mol. The van der Waals surface area contributed by atoms with Crippen LogP contribution in [0.15, 0.2) is 4.90 Å². The molecule has 0 amide bonds. The van der Waals surface area contributed by atoms with E-state index in [1.807, 2.05) is 28.8 Å². The first-order chi connectivity index (χ1) is 8.26. The number of nitrogens with zero attached hydrogens (tertiary/aromatic N) is 2. The number of ether oxygens (including phenoxy) is 3. The maximum atomic E-state index is 5.44. The predicted molar refractivity (Wildman–Crippen MR) is 74.2 cm³/mol. The summed E-state index contributed by atoms with van der Waals surface area (Å²) in [5, 5.41) is 0. The van der Waals surface area contributed by atoms with Crippen molar-refractivity contribution in [2.24, 2.45) is 0 Å². The maximum Gasteiger partial charge on any atom is 0.322 e. The lowest BCUT2D eigenvalue weighted by atomic mass is 10.6. The maximum absolute atomic E-state index is 5.44. The van der Waals surface area contributed by atoms with Crippen LogP contribution in [0.3, 0.4) is 0 Å². The van der Waals surface area contributed by atoms with Gasteiger partial charge >= 0.3 is 6.01 Å². The van der Waals surface area contributed by atoms with Crippen molar-refractivity contribution in [3.63, 3.8) is 0 Å². The third kappa shape index (κ3) is 3.81. The molecular weight excluding hydrogens is 355 g/mol. The van der Waals surface area contributed by atoms with E-state index in [0.29, 0.717) is 11.8 Å². The van der Waals surface area contributed by atoms with E-state index >= 15 is 0 Å². The number of aromatic nitrogens is 2. The average Bonchev–Trinajstić information content (AvgIpc) is 2.37. The van der Waals surface area contributed by atoms with Crippen LogP contribution in [0.1, 0.15) is 0 Å². The molecular formula is C10H11IN2O3S. The van der Waals surface area contributed by atoms with Crippen molar-refractivity contribution in [1.82, 2.24) is 9.97 Å². The van der Waals surface area contributed by atoms with E-state index in [4.69, 9.17) is 14.2 Å². The number of hydrogen-bond acceptors (Lipinski definition) is 6. The first-order valence-electron chi connectivity index (χ1n) is 4.52. The van der Waals surface area contributed by atoms with Crippen LogP contribution in [-0.4, -0.2) is 37.1 Å². The van der Waals surface area contributed by atoms with Gasteiger partial charge in [-0.1, -0.05) is 5.92 Å². The Morgan fingerprint density at radius 3 is 2.47 bits per heavy atom. The van der Waals surface area contributed by atoms with Crippen LogP contribution in [-0.2, 0) is 0 Å². The van der Waals surface area contributed by atoms with Gasteiger partial charge in [0.15, 0.2) is 6.61 Å². The van der Waals surface area contributed by atoms with Crippen LogP contribution in [0.25, 0.3) is 0 Å². The minimum atomic E-state index is 0.206. The fourth-order valence-electron chi connectivity index (χ4n) is 1.03. The zero-order valence-electron chi connectivity index (χ0n) is 9.61. The SMILES string of the molecule is COc1nc(OC)c(SC)c(OCC#CI)n1. The van der Waals surface area contributed by atoms with Gasteiger partial charge in [0.1, 0.15) is 4.90 Å². The van der Waals surface area contributed by atoms with Gasteiger partial charge in [0, 0.05) is 22.6 Å². The molecule has 0 atom stereocenters. The largest absolute Gasteiger partial charge is 0.480 e. The minimum Gasteiger partial charge on any atom is -0.480 e. The molecule has 1 rings (SSSR count). The Morgan fingerprint density at radius 1 is 1.24 bits per heavy atom. The van der Waals surface area contributed by atoms with Gasteiger partial charge in [-0.2, -0.15) is 9.97 Å². The molecule has 0 aromatic carbocycles. The topological polar surface area (TPSA) is 53.5 Å². The molecule has 0 radical (unpaired) electrons. The molecule has 1 aromatic rings. The van der Waals surface area contributed by atoms with Crippen molar-refractivity contribution in [2.75, 3.05) is 27.1 Å². The second-order valence-electron chi connectivity index (χ2n) is 2.62. The summed E-state index contributed by atoms with van der Waals surface area (Å²) in [5.41, 5.74) is 0. The van der Waals surface area contributed by atoms with Crippen LogP contribution in [0.2, 0.25) is 0 Å². The molecule has 0 bridgehead atoms. The van der Waals surface area contributed by atoms with Crippen LogP contribution in [0.4, 0.5) is 0 Å². The minimum absolute atomic E-state index is 0.206. The van der Waals surface area contributed by atoms with Gasteiger partial charge in [-0.25, -0.2) is 0 Å². The molecule has 0 spiro atoms. The van der Waals surface area contributed by atoms with Crippen molar-refractivity contribution >= 4 is 34.4 Å². The highest BCUT2D eigenvalue weighted by molar-refractivity contribution is 14.1. The van der Waals surface area contributed by atoms with Crippen LogP contribution < -0.4 is 14.2 Å². The average molecular weight is 366 g/mol. The summed E-state index contributed by atoms with van der Waals surface area (Å²) in [6.45, 7) is 0.264. The molecule has 0 aliphatic heterocycles. The Kier molecular flexibility index (Phi) is 6.21. The van der Waals surface area contributed by atoms with E-state index < -0.39 is 0 Å². The number of rotatable bonds is 5. The Hall–Kier alpha value is -0.880. The molecule has 1 aromatic heterocycles. The summed E-state index contributed by atoms with van der Waals surface area (Å²) in [4.78, 5) is 8.92. The molecule has 0 fully saturated rings. The van der Waals surface area contributed by atoms with Gasteiger partial charge in [0.05, 0.1) is 14.2 Å².